The number of ether oxygens (including phenoxy) is 1. The van der Waals surface area contributed by atoms with Gasteiger partial charge in [-0.1, -0.05) is 18.2 Å². The maximum absolute atomic E-state index is 5.24. The lowest BCUT2D eigenvalue weighted by atomic mass is 10.1. The molecule has 1 aromatic carbocycles. The van der Waals surface area contributed by atoms with E-state index in [0.717, 1.165) is 22.7 Å². The lowest BCUT2D eigenvalue weighted by Crippen LogP contribution is -1.86. The summed E-state index contributed by atoms with van der Waals surface area (Å²) in [6, 6.07) is 14.1. The van der Waals surface area contributed by atoms with Crippen LogP contribution < -0.4 is 4.74 Å². The van der Waals surface area contributed by atoms with Gasteiger partial charge in [-0.05, 0) is 31.2 Å². The zero-order valence-corrected chi connectivity index (χ0v) is 10.4. The van der Waals surface area contributed by atoms with Gasteiger partial charge >= 0.3 is 0 Å². The Morgan fingerprint density at radius 2 is 1.94 bits per heavy atom. The molecule has 0 saturated heterocycles. The van der Waals surface area contributed by atoms with Crippen molar-refractivity contribution in [2.75, 3.05) is 7.11 Å². The molecule has 0 bridgehead atoms. The summed E-state index contributed by atoms with van der Waals surface area (Å²) in [6.07, 6.45) is 2.06. The minimum atomic E-state index is 0.848. The standard InChI is InChI=1S/C15H14N2O/c1-11-5-3-8-15-16-14(10-17(11)15)12-6-4-7-13(9-12)18-2/h3-10H,1-2H3. The molecule has 0 saturated carbocycles. The van der Waals surface area contributed by atoms with Crippen LogP contribution >= 0.6 is 0 Å². The molecule has 0 radical (unpaired) electrons. The number of aromatic nitrogens is 2. The summed E-state index contributed by atoms with van der Waals surface area (Å²) >= 11 is 0. The Kier molecular flexibility index (Phi) is 2.52. The van der Waals surface area contributed by atoms with Crippen LogP contribution in [0.1, 0.15) is 5.69 Å². The van der Waals surface area contributed by atoms with Crippen molar-refractivity contribution in [3.63, 3.8) is 0 Å². The van der Waals surface area contributed by atoms with Gasteiger partial charge in [0.1, 0.15) is 11.4 Å². The fourth-order valence-corrected chi connectivity index (χ4v) is 2.07. The highest BCUT2D eigenvalue weighted by Crippen LogP contribution is 2.23. The van der Waals surface area contributed by atoms with E-state index in [1.807, 2.05) is 36.4 Å². The van der Waals surface area contributed by atoms with E-state index in [-0.39, 0.29) is 0 Å². The fourth-order valence-electron chi connectivity index (χ4n) is 2.07. The minimum absolute atomic E-state index is 0.848. The van der Waals surface area contributed by atoms with Gasteiger partial charge in [0.25, 0.3) is 0 Å². The lowest BCUT2D eigenvalue weighted by molar-refractivity contribution is 0.415. The van der Waals surface area contributed by atoms with Gasteiger partial charge in [-0.25, -0.2) is 4.98 Å². The third-order valence-corrected chi connectivity index (χ3v) is 3.06. The number of methoxy groups -OCH3 is 1. The SMILES string of the molecule is COc1cccc(-c2cn3c(C)cccc3n2)c1. The van der Waals surface area contributed by atoms with Crippen LogP contribution in [-0.2, 0) is 0 Å². The van der Waals surface area contributed by atoms with Crippen molar-refractivity contribution >= 4 is 5.65 Å². The van der Waals surface area contributed by atoms with Crippen molar-refractivity contribution in [3.05, 3.63) is 54.4 Å². The van der Waals surface area contributed by atoms with E-state index in [1.54, 1.807) is 7.11 Å². The van der Waals surface area contributed by atoms with E-state index >= 15 is 0 Å². The lowest BCUT2D eigenvalue weighted by Gasteiger charge is -2.01. The molecule has 0 fully saturated rings. The summed E-state index contributed by atoms with van der Waals surface area (Å²) in [5.74, 6) is 0.848. The Morgan fingerprint density at radius 3 is 2.72 bits per heavy atom. The summed E-state index contributed by atoms with van der Waals surface area (Å²) in [6.45, 7) is 2.07. The second kappa shape index (κ2) is 4.18. The molecule has 3 rings (SSSR count). The second-order valence-electron chi connectivity index (χ2n) is 4.25. The predicted molar refractivity (Wildman–Crippen MR) is 71.9 cm³/mol. The average Bonchev–Trinajstić information content (AvgIpc) is 2.84. The van der Waals surface area contributed by atoms with Crippen molar-refractivity contribution in [1.29, 1.82) is 0 Å². The third-order valence-electron chi connectivity index (χ3n) is 3.06. The minimum Gasteiger partial charge on any atom is -0.497 e. The van der Waals surface area contributed by atoms with E-state index in [9.17, 15) is 0 Å². The summed E-state index contributed by atoms with van der Waals surface area (Å²) < 4.78 is 7.33. The number of imidazole rings is 1. The van der Waals surface area contributed by atoms with Crippen molar-refractivity contribution in [2.24, 2.45) is 0 Å². The summed E-state index contributed by atoms with van der Waals surface area (Å²) in [7, 11) is 1.67. The van der Waals surface area contributed by atoms with Crippen LogP contribution in [0.5, 0.6) is 5.75 Å². The highest BCUT2D eigenvalue weighted by Gasteiger charge is 2.06. The van der Waals surface area contributed by atoms with Gasteiger partial charge in [-0.3, -0.25) is 0 Å². The van der Waals surface area contributed by atoms with Gasteiger partial charge in [0.05, 0.1) is 12.8 Å². The smallest absolute Gasteiger partial charge is 0.137 e. The highest BCUT2D eigenvalue weighted by atomic mass is 16.5. The molecule has 0 atom stereocenters. The largest absolute Gasteiger partial charge is 0.497 e. The molecule has 0 spiro atoms. The van der Waals surface area contributed by atoms with E-state index in [2.05, 4.69) is 28.6 Å². The van der Waals surface area contributed by atoms with Crippen molar-refractivity contribution in [1.82, 2.24) is 9.38 Å². The first-order valence-electron chi connectivity index (χ1n) is 5.87. The quantitative estimate of drug-likeness (QED) is 0.684. The predicted octanol–water partition coefficient (Wildman–Crippen LogP) is 3.32. The molecule has 0 unspecified atom stereocenters. The monoisotopic (exact) mass is 238 g/mol. The summed E-state index contributed by atoms with van der Waals surface area (Å²) in [5.41, 5.74) is 4.17. The number of benzene rings is 1. The normalized spacial score (nSPS) is 10.8. The summed E-state index contributed by atoms with van der Waals surface area (Å²) in [4.78, 5) is 4.63. The molecule has 3 nitrogen and oxygen atoms in total. The zero-order chi connectivity index (χ0) is 12.5. The number of aryl methyl sites for hydroxylation is 1. The Hall–Kier alpha value is -2.29. The number of fused-ring (bicyclic) bond motifs is 1. The van der Waals surface area contributed by atoms with Gasteiger partial charge in [0, 0.05) is 17.5 Å². The van der Waals surface area contributed by atoms with Crippen LogP contribution in [0.4, 0.5) is 0 Å². The molecule has 3 heteroatoms. The molecule has 2 heterocycles. The number of pyridine rings is 1. The van der Waals surface area contributed by atoms with E-state index in [0.29, 0.717) is 0 Å². The van der Waals surface area contributed by atoms with Gasteiger partial charge in [-0.15, -0.1) is 0 Å². The van der Waals surface area contributed by atoms with Crippen LogP contribution in [0.3, 0.4) is 0 Å². The van der Waals surface area contributed by atoms with Crippen LogP contribution in [-0.4, -0.2) is 16.5 Å². The van der Waals surface area contributed by atoms with Crippen LogP contribution in [0.15, 0.2) is 48.7 Å². The molecule has 0 aliphatic rings. The fraction of sp³-hybridized carbons (Fsp3) is 0.133. The Labute approximate surface area is 106 Å². The third kappa shape index (κ3) is 1.74. The molecular formula is C15H14N2O. The molecule has 2 aromatic heterocycles. The first kappa shape index (κ1) is 10.8. The first-order chi connectivity index (χ1) is 8.78. The molecule has 0 amide bonds. The number of hydrogen-bond acceptors (Lipinski definition) is 2. The average molecular weight is 238 g/mol. The number of nitrogens with zero attached hydrogens (tertiary/aromatic N) is 2. The van der Waals surface area contributed by atoms with Crippen LogP contribution in [0, 0.1) is 6.92 Å². The van der Waals surface area contributed by atoms with Crippen molar-refractivity contribution in [2.45, 2.75) is 6.92 Å². The maximum Gasteiger partial charge on any atom is 0.137 e. The van der Waals surface area contributed by atoms with Gasteiger partial charge < -0.3 is 9.14 Å². The molecule has 0 aliphatic heterocycles. The molecule has 3 aromatic rings. The Morgan fingerprint density at radius 1 is 1.11 bits per heavy atom. The van der Waals surface area contributed by atoms with Gasteiger partial charge in [0.2, 0.25) is 0 Å². The van der Waals surface area contributed by atoms with Gasteiger partial charge in [0.15, 0.2) is 0 Å². The molecular weight excluding hydrogens is 224 g/mol. The van der Waals surface area contributed by atoms with Gasteiger partial charge in [-0.2, -0.15) is 0 Å². The molecule has 0 N–H and O–H groups in total. The highest BCUT2D eigenvalue weighted by molar-refractivity contribution is 5.64. The van der Waals surface area contributed by atoms with E-state index in [4.69, 9.17) is 4.74 Å². The molecule has 90 valence electrons. The first-order valence-corrected chi connectivity index (χ1v) is 5.87. The Balaban J connectivity index is 2.16. The van der Waals surface area contributed by atoms with Crippen LogP contribution in [0.2, 0.25) is 0 Å². The zero-order valence-electron chi connectivity index (χ0n) is 10.4. The van der Waals surface area contributed by atoms with E-state index in [1.165, 1.54) is 5.69 Å². The molecule has 18 heavy (non-hydrogen) atoms. The second-order valence-corrected chi connectivity index (χ2v) is 4.25. The molecule has 0 aliphatic carbocycles. The number of hydrogen-bond donors (Lipinski definition) is 0. The number of rotatable bonds is 2. The Bertz CT molecular complexity index is 701. The maximum atomic E-state index is 5.24. The topological polar surface area (TPSA) is 26.5 Å². The van der Waals surface area contributed by atoms with Crippen molar-refractivity contribution < 1.29 is 4.74 Å². The summed E-state index contributed by atoms with van der Waals surface area (Å²) in [5, 5.41) is 0. The van der Waals surface area contributed by atoms with E-state index < -0.39 is 0 Å². The van der Waals surface area contributed by atoms with Crippen molar-refractivity contribution in [3.8, 4) is 17.0 Å². The van der Waals surface area contributed by atoms with Crippen LogP contribution in [0.25, 0.3) is 16.9 Å².